The van der Waals surface area contributed by atoms with Gasteiger partial charge in [0.2, 0.25) is 0 Å². The summed E-state index contributed by atoms with van der Waals surface area (Å²) in [5.74, 6) is 0.592. The van der Waals surface area contributed by atoms with Gasteiger partial charge >= 0.3 is 0 Å². The van der Waals surface area contributed by atoms with Crippen molar-refractivity contribution in [2.75, 3.05) is 0 Å². The first-order valence-electron chi connectivity index (χ1n) is 8.19. The average Bonchev–Trinajstić information content (AvgIpc) is 2.46. The molecule has 2 aromatic carbocycles. The van der Waals surface area contributed by atoms with Gasteiger partial charge in [-0.15, -0.1) is 0 Å². The molecule has 1 atom stereocenters. The molecule has 0 nitrogen and oxygen atoms in total. The first-order chi connectivity index (χ1) is 10.0. The molecule has 0 spiro atoms. The summed E-state index contributed by atoms with van der Waals surface area (Å²) in [5, 5.41) is 0. The van der Waals surface area contributed by atoms with E-state index in [0.29, 0.717) is 11.3 Å². The van der Waals surface area contributed by atoms with Crippen LogP contribution in [0.15, 0.2) is 48.5 Å². The van der Waals surface area contributed by atoms with Gasteiger partial charge in [-0.25, -0.2) is 0 Å². The lowest BCUT2D eigenvalue weighted by molar-refractivity contribution is 0.411. The summed E-state index contributed by atoms with van der Waals surface area (Å²) in [7, 11) is 0. The molecule has 0 heterocycles. The zero-order chi connectivity index (χ0) is 14.9. The number of rotatable bonds is 2. The average molecular weight is 278 g/mol. The first kappa shape index (κ1) is 14.4. The van der Waals surface area contributed by atoms with E-state index in [9.17, 15) is 0 Å². The molecule has 21 heavy (non-hydrogen) atoms. The molecule has 0 N–H and O–H groups in total. The van der Waals surface area contributed by atoms with E-state index in [0.717, 1.165) is 6.42 Å². The molecular formula is C21H26. The minimum Gasteiger partial charge on any atom is -0.0622 e. The zero-order valence-electron chi connectivity index (χ0n) is 13.5. The van der Waals surface area contributed by atoms with Crippen molar-refractivity contribution in [1.82, 2.24) is 0 Å². The normalized spacial score (nSPS) is 18.3. The summed E-state index contributed by atoms with van der Waals surface area (Å²) in [6.45, 7) is 6.96. The molecule has 0 saturated carbocycles. The Bertz CT molecular complexity index is 602. The summed E-state index contributed by atoms with van der Waals surface area (Å²) < 4.78 is 0. The van der Waals surface area contributed by atoms with E-state index in [1.807, 2.05) is 0 Å². The Morgan fingerprint density at radius 2 is 1.76 bits per heavy atom. The minimum absolute atomic E-state index is 0.352. The Hall–Kier alpha value is -1.56. The number of hydrogen-bond acceptors (Lipinski definition) is 0. The highest BCUT2D eigenvalue weighted by molar-refractivity contribution is 5.42. The summed E-state index contributed by atoms with van der Waals surface area (Å²) in [5.41, 5.74) is 6.46. The maximum Gasteiger partial charge on any atom is 0.00922 e. The van der Waals surface area contributed by atoms with Gasteiger partial charge in [0, 0.05) is 5.92 Å². The lowest BCUT2D eigenvalue weighted by atomic mass is 9.77. The van der Waals surface area contributed by atoms with Crippen molar-refractivity contribution in [2.45, 2.75) is 52.4 Å². The summed E-state index contributed by atoms with van der Waals surface area (Å²) in [4.78, 5) is 0. The van der Waals surface area contributed by atoms with Crippen LogP contribution in [-0.2, 0) is 12.8 Å². The summed E-state index contributed by atoms with van der Waals surface area (Å²) in [6, 6.07) is 18.2. The van der Waals surface area contributed by atoms with Gasteiger partial charge in [-0.2, -0.15) is 0 Å². The molecule has 0 saturated heterocycles. The van der Waals surface area contributed by atoms with Gasteiger partial charge in [0.1, 0.15) is 0 Å². The van der Waals surface area contributed by atoms with Crippen LogP contribution in [0.4, 0.5) is 0 Å². The molecule has 0 fully saturated rings. The largest absolute Gasteiger partial charge is 0.0622 e. The standard InChI is InChI=1S/C21H26/c1-21(2,3)15-16-12-13-18-10-7-11-19(20(18)14-16)17-8-5-4-6-9-17/h4-6,8-9,12-14,19H,7,10-11,15H2,1-3H3. The second-order valence-corrected chi connectivity index (χ2v) is 7.63. The summed E-state index contributed by atoms with van der Waals surface area (Å²) in [6.07, 6.45) is 5.00. The highest BCUT2D eigenvalue weighted by Gasteiger charge is 2.22. The SMILES string of the molecule is CC(C)(C)Cc1ccc2c(c1)C(c1ccccc1)CCC2. The molecular weight excluding hydrogens is 252 g/mol. The van der Waals surface area contributed by atoms with Crippen LogP contribution in [-0.4, -0.2) is 0 Å². The van der Waals surface area contributed by atoms with Gasteiger partial charge in [0.25, 0.3) is 0 Å². The molecule has 0 heteroatoms. The molecule has 0 amide bonds. The van der Waals surface area contributed by atoms with Gasteiger partial charge in [-0.3, -0.25) is 0 Å². The van der Waals surface area contributed by atoms with E-state index in [1.165, 1.54) is 30.4 Å². The van der Waals surface area contributed by atoms with E-state index >= 15 is 0 Å². The Labute approximate surface area is 129 Å². The molecule has 0 radical (unpaired) electrons. The predicted molar refractivity (Wildman–Crippen MR) is 90.8 cm³/mol. The maximum absolute atomic E-state index is 2.48. The molecule has 2 aromatic rings. The van der Waals surface area contributed by atoms with Crippen LogP contribution >= 0.6 is 0 Å². The second-order valence-electron chi connectivity index (χ2n) is 7.63. The van der Waals surface area contributed by atoms with Crippen LogP contribution in [0.25, 0.3) is 0 Å². The van der Waals surface area contributed by atoms with E-state index in [2.05, 4.69) is 69.3 Å². The fraction of sp³-hybridized carbons (Fsp3) is 0.429. The Kier molecular flexibility index (Phi) is 3.89. The number of hydrogen-bond donors (Lipinski definition) is 0. The molecule has 1 unspecified atom stereocenters. The van der Waals surface area contributed by atoms with E-state index < -0.39 is 0 Å². The van der Waals surface area contributed by atoms with Gasteiger partial charge < -0.3 is 0 Å². The van der Waals surface area contributed by atoms with Crippen LogP contribution in [0.1, 0.15) is 61.8 Å². The van der Waals surface area contributed by atoms with Crippen molar-refractivity contribution in [1.29, 1.82) is 0 Å². The molecule has 1 aliphatic carbocycles. The minimum atomic E-state index is 0.352. The molecule has 1 aliphatic rings. The summed E-state index contributed by atoms with van der Waals surface area (Å²) >= 11 is 0. The monoisotopic (exact) mass is 278 g/mol. The smallest absolute Gasteiger partial charge is 0.00922 e. The van der Waals surface area contributed by atoms with Crippen LogP contribution in [0, 0.1) is 5.41 Å². The van der Waals surface area contributed by atoms with Crippen molar-refractivity contribution in [2.24, 2.45) is 5.41 Å². The Morgan fingerprint density at radius 3 is 2.48 bits per heavy atom. The quantitative estimate of drug-likeness (QED) is 0.656. The van der Waals surface area contributed by atoms with E-state index in [4.69, 9.17) is 0 Å². The van der Waals surface area contributed by atoms with Crippen LogP contribution in [0.2, 0.25) is 0 Å². The van der Waals surface area contributed by atoms with Gasteiger partial charge in [-0.05, 0) is 53.4 Å². The lowest BCUT2D eigenvalue weighted by Gasteiger charge is -2.28. The van der Waals surface area contributed by atoms with Crippen molar-refractivity contribution >= 4 is 0 Å². The zero-order valence-corrected chi connectivity index (χ0v) is 13.5. The van der Waals surface area contributed by atoms with Gasteiger partial charge in [0.15, 0.2) is 0 Å². The third-order valence-electron chi connectivity index (χ3n) is 4.46. The van der Waals surface area contributed by atoms with Crippen LogP contribution in [0.5, 0.6) is 0 Å². The predicted octanol–water partition coefficient (Wildman–Crippen LogP) is 5.74. The third kappa shape index (κ3) is 3.37. The fourth-order valence-corrected chi connectivity index (χ4v) is 3.60. The fourth-order valence-electron chi connectivity index (χ4n) is 3.60. The van der Waals surface area contributed by atoms with Crippen LogP contribution in [0.3, 0.4) is 0 Å². The topological polar surface area (TPSA) is 0 Å². The number of aryl methyl sites for hydroxylation is 1. The maximum atomic E-state index is 2.48. The highest BCUT2D eigenvalue weighted by atomic mass is 14.3. The molecule has 0 aliphatic heterocycles. The van der Waals surface area contributed by atoms with E-state index in [1.54, 1.807) is 11.1 Å². The van der Waals surface area contributed by atoms with Gasteiger partial charge in [-0.1, -0.05) is 69.3 Å². The highest BCUT2D eigenvalue weighted by Crippen LogP contribution is 2.37. The third-order valence-corrected chi connectivity index (χ3v) is 4.46. The second kappa shape index (κ2) is 5.67. The Balaban J connectivity index is 1.97. The molecule has 3 rings (SSSR count). The lowest BCUT2D eigenvalue weighted by Crippen LogP contribution is -2.14. The number of benzene rings is 2. The molecule has 110 valence electrons. The van der Waals surface area contributed by atoms with E-state index in [-0.39, 0.29) is 0 Å². The van der Waals surface area contributed by atoms with Crippen molar-refractivity contribution in [3.63, 3.8) is 0 Å². The molecule has 0 aromatic heterocycles. The Morgan fingerprint density at radius 1 is 1.00 bits per heavy atom. The first-order valence-corrected chi connectivity index (χ1v) is 8.19. The van der Waals surface area contributed by atoms with Gasteiger partial charge in [0.05, 0.1) is 0 Å². The van der Waals surface area contributed by atoms with Crippen LogP contribution < -0.4 is 0 Å². The van der Waals surface area contributed by atoms with Crippen molar-refractivity contribution < 1.29 is 0 Å². The molecule has 0 bridgehead atoms. The van der Waals surface area contributed by atoms with Crippen molar-refractivity contribution in [3.8, 4) is 0 Å². The number of fused-ring (bicyclic) bond motifs is 1. The van der Waals surface area contributed by atoms with Crippen molar-refractivity contribution in [3.05, 3.63) is 70.8 Å².